The Morgan fingerprint density at radius 2 is 1.89 bits per heavy atom. The van der Waals surface area contributed by atoms with Gasteiger partial charge in [0.15, 0.2) is 0 Å². The van der Waals surface area contributed by atoms with Crippen LogP contribution in [-0.2, 0) is 0 Å². The number of amides is 2. The number of anilines is 2. The number of carbonyl (C=O) groups excluding carboxylic acids is 2. The van der Waals surface area contributed by atoms with Gasteiger partial charge in [0.2, 0.25) is 0 Å². The first-order chi connectivity index (χ1) is 17.2. The van der Waals surface area contributed by atoms with E-state index in [1.54, 1.807) is 26.1 Å². The van der Waals surface area contributed by atoms with Crippen LogP contribution in [0.15, 0.2) is 48.8 Å². The fourth-order valence-electron chi connectivity index (χ4n) is 4.13. The summed E-state index contributed by atoms with van der Waals surface area (Å²) in [6, 6.07) is 7.56. The van der Waals surface area contributed by atoms with Gasteiger partial charge in [-0.3, -0.25) is 14.6 Å². The van der Waals surface area contributed by atoms with E-state index in [0.717, 1.165) is 37.2 Å². The summed E-state index contributed by atoms with van der Waals surface area (Å²) in [6.45, 7) is 5.02. The molecule has 3 aromatic rings. The van der Waals surface area contributed by atoms with Gasteiger partial charge in [-0.05, 0) is 63.1 Å². The molecule has 4 rings (SSSR count). The van der Waals surface area contributed by atoms with Crippen LogP contribution in [-0.4, -0.2) is 47.0 Å². The molecule has 2 amide bonds. The summed E-state index contributed by atoms with van der Waals surface area (Å²) >= 11 is 0. The van der Waals surface area contributed by atoms with Crippen LogP contribution in [0.4, 0.5) is 20.2 Å². The summed E-state index contributed by atoms with van der Waals surface area (Å²) in [4.78, 5) is 35.7. The molecule has 1 saturated heterocycles. The van der Waals surface area contributed by atoms with Gasteiger partial charge in [-0.15, -0.1) is 0 Å². The maximum Gasteiger partial charge on any atom is 0.274 e. The second-order valence-electron chi connectivity index (χ2n) is 9.04. The largest absolute Gasteiger partial charge is 0.368 e. The predicted molar refractivity (Wildman–Crippen MR) is 134 cm³/mol. The summed E-state index contributed by atoms with van der Waals surface area (Å²) in [6.07, 6.45) is 5.01. The number of piperidine rings is 1. The molecule has 3 heterocycles. The van der Waals surface area contributed by atoms with Crippen LogP contribution in [0.3, 0.4) is 0 Å². The molecule has 4 N–H and O–H groups in total. The summed E-state index contributed by atoms with van der Waals surface area (Å²) < 4.78 is 29.4. The maximum absolute atomic E-state index is 14.7. The number of hydrogen-bond acceptors (Lipinski definition) is 6. The van der Waals surface area contributed by atoms with E-state index in [1.807, 2.05) is 0 Å². The fourth-order valence-corrected chi connectivity index (χ4v) is 4.13. The van der Waals surface area contributed by atoms with Crippen molar-refractivity contribution in [3.05, 3.63) is 71.7 Å². The molecule has 1 aliphatic heterocycles. The zero-order chi connectivity index (χ0) is 25.8. The number of nitrogens with zero attached hydrogens (tertiary/aromatic N) is 3. The van der Waals surface area contributed by atoms with E-state index in [0.29, 0.717) is 12.2 Å². The molecule has 0 saturated carbocycles. The molecular formula is C26H28F2N6O2. The first-order valence-electron chi connectivity index (χ1n) is 11.8. The van der Waals surface area contributed by atoms with Gasteiger partial charge in [-0.1, -0.05) is 0 Å². The van der Waals surface area contributed by atoms with Crippen LogP contribution in [0.25, 0.3) is 11.3 Å². The second kappa shape index (κ2) is 10.8. The molecule has 0 radical (unpaired) electrons. The van der Waals surface area contributed by atoms with Gasteiger partial charge in [0.1, 0.15) is 23.0 Å². The lowest BCUT2D eigenvalue weighted by atomic mass is 10.0. The van der Waals surface area contributed by atoms with Gasteiger partial charge in [-0.25, -0.2) is 13.8 Å². The van der Waals surface area contributed by atoms with Gasteiger partial charge >= 0.3 is 0 Å². The van der Waals surface area contributed by atoms with E-state index >= 15 is 0 Å². The van der Waals surface area contributed by atoms with Crippen molar-refractivity contribution in [3.63, 3.8) is 0 Å². The minimum Gasteiger partial charge on any atom is -0.368 e. The lowest BCUT2D eigenvalue weighted by Crippen LogP contribution is -2.43. The summed E-state index contributed by atoms with van der Waals surface area (Å²) in [5.74, 6) is -2.63. The summed E-state index contributed by atoms with van der Waals surface area (Å²) in [7, 11) is 0. The van der Waals surface area contributed by atoms with E-state index in [9.17, 15) is 18.4 Å². The quantitative estimate of drug-likeness (QED) is 0.481. The molecule has 0 bridgehead atoms. The molecule has 10 heteroatoms. The number of pyridine rings is 2. The monoisotopic (exact) mass is 494 g/mol. The average molecular weight is 495 g/mol. The lowest BCUT2D eigenvalue weighted by Gasteiger charge is -2.33. The summed E-state index contributed by atoms with van der Waals surface area (Å²) in [5.41, 5.74) is 6.78. The van der Waals surface area contributed by atoms with Crippen LogP contribution in [0.5, 0.6) is 0 Å². The van der Waals surface area contributed by atoms with Crippen LogP contribution < -0.4 is 21.3 Å². The zero-order valence-electron chi connectivity index (χ0n) is 20.1. The van der Waals surface area contributed by atoms with Gasteiger partial charge in [0, 0.05) is 42.5 Å². The molecule has 0 aliphatic carbocycles. The molecule has 1 fully saturated rings. The van der Waals surface area contributed by atoms with E-state index in [-0.39, 0.29) is 34.6 Å². The second-order valence-corrected chi connectivity index (χ2v) is 9.04. The number of halogens is 2. The zero-order valence-corrected chi connectivity index (χ0v) is 20.1. The third kappa shape index (κ3) is 5.65. The van der Waals surface area contributed by atoms with Crippen molar-refractivity contribution >= 4 is 23.2 Å². The van der Waals surface area contributed by atoms with Gasteiger partial charge in [0.05, 0.1) is 17.6 Å². The topological polar surface area (TPSA) is 113 Å². The highest BCUT2D eigenvalue weighted by molar-refractivity contribution is 6.05. The van der Waals surface area contributed by atoms with Crippen LogP contribution in [0, 0.1) is 11.6 Å². The Labute approximate surface area is 207 Å². The highest BCUT2D eigenvalue weighted by Gasteiger charge is 2.22. The van der Waals surface area contributed by atoms with Gasteiger partial charge in [0.25, 0.3) is 11.8 Å². The van der Waals surface area contributed by atoms with Crippen molar-refractivity contribution in [1.29, 1.82) is 0 Å². The van der Waals surface area contributed by atoms with Crippen molar-refractivity contribution in [1.82, 2.24) is 15.3 Å². The molecule has 1 aromatic carbocycles. The lowest BCUT2D eigenvalue weighted by molar-refractivity contribution is 0.0942. The van der Waals surface area contributed by atoms with E-state index in [4.69, 9.17) is 5.73 Å². The molecule has 0 spiro atoms. The Hall–Kier alpha value is -3.92. The number of aromatic nitrogens is 2. The molecule has 8 nitrogen and oxygen atoms in total. The Morgan fingerprint density at radius 3 is 2.64 bits per heavy atom. The molecular weight excluding hydrogens is 466 g/mol. The summed E-state index contributed by atoms with van der Waals surface area (Å²) in [5, 5.41) is 5.48. The maximum atomic E-state index is 14.7. The third-order valence-corrected chi connectivity index (χ3v) is 5.83. The number of benzene rings is 1. The van der Waals surface area contributed by atoms with Gasteiger partial charge < -0.3 is 21.3 Å². The third-order valence-electron chi connectivity index (χ3n) is 5.83. The van der Waals surface area contributed by atoms with Crippen LogP contribution in [0.1, 0.15) is 47.5 Å². The van der Waals surface area contributed by atoms with Crippen molar-refractivity contribution < 1.29 is 18.4 Å². The number of nitrogens with one attached hydrogen (secondary N) is 2. The highest BCUT2D eigenvalue weighted by atomic mass is 19.1. The van der Waals surface area contributed by atoms with Crippen molar-refractivity contribution in [2.75, 3.05) is 23.3 Å². The standard InChI is InChI=1S/C26H28F2N6O2/c1-15(2)31-25(35)16-5-6-19(27)18(12-16)24-20(28)7-8-21(32-24)26(36)33-22-13-30-10-9-23(22)34-11-3-4-17(29)14-34/h5-10,12-13,15,17H,3-4,11,14,29H2,1-2H3,(H,31,35)(H,33,36). The molecule has 1 atom stereocenters. The van der Waals surface area contributed by atoms with Gasteiger partial charge in [-0.2, -0.15) is 0 Å². The van der Waals surface area contributed by atoms with Crippen molar-refractivity contribution in [3.8, 4) is 11.3 Å². The Bertz CT molecular complexity index is 1280. The number of nitrogens with two attached hydrogens (primary N) is 1. The number of carbonyl (C=O) groups is 2. The van der Waals surface area contributed by atoms with Crippen LogP contribution >= 0.6 is 0 Å². The van der Waals surface area contributed by atoms with E-state index in [2.05, 4.69) is 25.5 Å². The molecule has 1 unspecified atom stereocenters. The van der Waals surface area contributed by atoms with E-state index in [1.165, 1.54) is 24.4 Å². The Morgan fingerprint density at radius 1 is 1.11 bits per heavy atom. The SMILES string of the molecule is CC(C)NC(=O)c1ccc(F)c(-c2nc(C(=O)Nc3cnccc3N3CCCC(N)C3)ccc2F)c1. The van der Waals surface area contributed by atoms with E-state index < -0.39 is 23.4 Å². The van der Waals surface area contributed by atoms with Crippen molar-refractivity contribution in [2.24, 2.45) is 5.73 Å². The van der Waals surface area contributed by atoms with Crippen molar-refractivity contribution in [2.45, 2.75) is 38.8 Å². The molecule has 1 aliphatic rings. The number of rotatable bonds is 6. The highest BCUT2D eigenvalue weighted by Crippen LogP contribution is 2.29. The minimum atomic E-state index is -0.823. The normalized spacial score (nSPS) is 15.6. The first-order valence-corrected chi connectivity index (χ1v) is 11.8. The first kappa shape index (κ1) is 25.2. The molecule has 188 valence electrons. The fraction of sp³-hybridized carbons (Fsp3) is 0.308. The molecule has 36 heavy (non-hydrogen) atoms. The minimum absolute atomic E-state index is 0.0325. The Balaban J connectivity index is 1.62. The predicted octanol–water partition coefficient (Wildman–Crippen LogP) is 3.74. The average Bonchev–Trinajstić information content (AvgIpc) is 2.84. The smallest absolute Gasteiger partial charge is 0.274 e. The van der Waals surface area contributed by atoms with Crippen LogP contribution in [0.2, 0.25) is 0 Å². The Kier molecular flexibility index (Phi) is 7.54. The molecule has 2 aromatic heterocycles. The number of hydrogen-bond donors (Lipinski definition) is 3.